The smallest absolute Gasteiger partial charge is 0.254 e. The lowest BCUT2D eigenvalue weighted by Crippen LogP contribution is -2.44. The lowest BCUT2D eigenvalue weighted by molar-refractivity contribution is 0.0908. The lowest BCUT2D eigenvalue weighted by Gasteiger charge is -2.32. The van der Waals surface area contributed by atoms with Crippen LogP contribution in [0.3, 0.4) is 0 Å². The van der Waals surface area contributed by atoms with Crippen LogP contribution in [0.4, 0.5) is 0 Å². The van der Waals surface area contributed by atoms with Crippen molar-refractivity contribution in [2.75, 3.05) is 13.1 Å². The van der Waals surface area contributed by atoms with Crippen molar-refractivity contribution >= 4 is 5.91 Å². The minimum absolute atomic E-state index is 0.0131. The molecule has 1 saturated heterocycles. The van der Waals surface area contributed by atoms with Gasteiger partial charge in [-0.15, -0.1) is 0 Å². The van der Waals surface area contributed by atoms with Crippen LogP contribution < -0.4 is 5.32 Å². The first-order valence-corrected chi connectivity index (χ1v) is 10.1. The molecule has 0 aliphatic carbocycles. The maximum atomic E-state index is 12.7. The van der Waals surface area contributed by atoms with E-state index in [4.69, 9.17) is 0 Å². The van der Waals surface area contributed by atoms with Crippen LogP contribution in [0, 0.1) is 13.8 Å². The van der Waals surface area contributed by atoms with E-state index in [1.165, 1.54) is 11.1 Å². The van der Waals surface area contributed by atoms with Crippen LogP contribution in [0.5, 0.6) is 0 Å². The minimum Gasteiger partial charge on any atom is -0.349 e. The van der Waals surface area contributed by atoms with Gasteiger partial charge in [0.2, 0.25) is 0 Å². The highest BCUT2D eigenvalue weighted by molar-refractivity contribution is 5.95. The predicted octanol–water partition coefficient (Wildman–Crippen LogP) is 3.87. The van der Waals surface area contributed by atoms with Crippen LogP contribution in [-0.2, 0) is 6.54 Å². The first-order chi connectivity index (χ1) is 13.0. The van der Waals surface area contributed by atoms with Gasteiger partial charge in [-0.25, -0.2) is 0 Å². The van der Waals surface area contributed by atoms with E-state index in [0.717, 1.165) is 44.6 Å². The Bertz CT molecular complexity index is 774. The van der Waals surface area contributed by atoms with Crippen molar-refractivity contribution in [3.8, 4) is 0 Å². The second-order valence-corrected chi connectivity index (χ2v) is 7.86. The molecule has 2 heterocycles. The summed E-state index contributed by atoms with van der Waals surface area (Å²) in [6.45, 7) is 11.4. The molecule has 1 aliphatic rings. The van der Waals surface area contributed by atoms with Crippen LogP contribution in [0.2, 0.25) is 0 Å². The molecule has 27 heavy (non-hydrogen) atoms. The molecule has 1 aliphatic heterocycles. The number of likely N-dealkylation sites (tertiary alicyclic amines) is 1. The number of aromatic nitrogens is 2. The zero-order valence-corrected chi connectivity index (χ0v) is 17.0. The van der Waals surface area contributed by atoms with E-state index in [2.05, 4.69) is 60.4 Å². The Hall–Kier alpha value is -2.14. The second kappa shape index (κ2) is 8.70. The van der Waals surface area contributed by atoms with E-state index in [-0.39, 0.29) is 11.9 Å². The molecular weight excluding hydrogens is 336 g/mol. The van der Waals surface area contributed by atoms with Gasteiger partial charge in [0, 0.05) is 37.4 Å². The van der Waals surface area contributed by atoms with Crippen LogP contribution in [0.15, 0.2) is 30.5 Å². The second-order valence-electron chi connectivity index (χ2n) is 7.86. The zero-order chi connectivity index (χ0) is 19.4. The molecule has 1 fully saturated rings. The molecule has 2 aromatic rings. The maximum absolute atomic E-state index is 12.7. The van der Waals surface area contributed by atoms with Crippen molar-refractivity contribution in [2.45, 2.75) is 65.6 Å². The van der Waals surface area contributed by atoms with Gasteiger partial charge in [-0.1, -0.05) is 36.8 Å². The fraction of sp³-hybridized carbons (Fsp3) is 0.545. The summed E-state index contributed by atoms with van der Waals surface area (Å²) in [6, 6.07) is 9.27. The van der Waals surface area contributed by atoms with Crippen LogP contribution in [-0.4, -0.2) is 39.7 Å². The third kappa shape index (κ3) is 4.78. The van der Waals surface area contributed by atoms with E-state index in [0.29, 0.717) is 11.6 Å². The summed E-state index contributed by atoms with van der Waals surface area (Å²) in [6.07, 6.45) is 4.71. The summed E-state index contributed by atoms with van der Waals surface area (Å²) in [7, 11) is 0. The number of aryl methyl sites for hydroxylation is 1. The van der Waals surface area contributed by atoms with Gasteiger partial charge in [0.1, 0.15) is 0 Å². The lowest BCUT2D eigenvalue weighted by atomic mass is 10.0. The topological polar surface area (TPSA) is 50.2 Å². The highest BCUT2D eigenvalue weighted by atomic mass is 16.1. The number of amides is 1. The Morgan fingerprint density at radius 3 is 2.70 bits per heavy atom. The molecular formula is C22H32N4O. The number of carbonyl (C=O) groups is 1. The molecule has 1 aromatic carbocycles. The third-order valence-electron chi connectivity index (χ3n) is 5.71. The molecule has 1 aromatic heterocycles. The summed E-state index contributed by atoms with van der Waals surface area (Å²) in [5.74, 6) is 0.0131. The zero-order valence-electron chi connectivity index (χ0n) is 17.0. The van der Waals surface area contributed by atoms with Gasteiger partial charge in [-0.2, -0.15) is 5.10 Å². The molecule has 1 atom stereocenters. The fourth-order valence-corrected chi connectivity index (χ4v) is 3.83. The highest BCUT2D eigenvalue weighted by Crippen LogP contribution is 2.18. The molecule has 3 rings (SSSR count). The van der Waals surface area contributed by atoms with Crippen LogP contribution in [0.1, 0.15) is 66.3 Å². The van der Waals surface area contributed by atoms with Gasteiger partial charge in [0.05, 0.1) is 11.8 Å². The van der Waals surface area contributed by atoms with Gasteiger partial charge < -0.3 is 5.32 Å². The molecule has 5 heteroatoms. The normalized spacial score (nSPS) is 17.0. The largest absolute Gasteiger partial charge is 0.349 e. The first kappa shape index (κ1) is 19.6. The quantitative estimate of drug-likeness (QED) is 0.842. The summed E-state index contributed by atoms with van der Waals surface area (Å²) in [5, 5.41) is 7.64. The van der Waals surface area contributed by atoms with E-state index in [9.17, 15) is 4.79 Å². The van der Waals surface area contributed by atoms with Crippen molar-refractivity contribution in [1.82, 2.24) is 20.0 Å². The maximum Gasteiger partial charge on any atom is 0.254 e. The van der Waals surface area contributed by atoms with Gasteiger partial charge in [0.15, 0.2) is 0 Å². The Kier molecular flexibility index (Phi) is 6.32. The number of hydrogen-bond acceptors (Lipinski definition) is 3. The van der Waals surface area contributed by atoms with E-state index >= 15 is 0 Å². The molecule has 146 valence electrons. The van der Waals surface area contributed by atoms with E-state index in [1.54, 1.807) is 6.20 Å². The average molecular weight is 369 g/mol. The molecule has 0 unspecified atom stereocenters. The van der Waals surface area contributed by atoms with Crippen molar-refractivity contribution in [2.24, 2.45) is 0 Å². The molecule has 0 radical (unpaired) electrons. The van der Waals surface area contributed by atoms with E-state index in [1.807, 2.05) is 11.6 Å². The molecule has 0 saturated carbocycles. The molecule has 1 amide bonds. The summed E-state index contributed by atoms with van der Waals surface area (Å²) in [4.78, 5) is 15.2. The van der Waals surface area contributed by atoms with Crippen LogP contribution >= 0.6 is 0 Å². The Morgan fingerprint density at radius 2 is 2.04 bits per heavy atom. The Labute approximate surface area is 162 Å². The number of hydrogen-bond donors (Lipinski definition) is 1. The third-order valence-corrected chi connectivity index (χ3v) is 5.71. The molecule has 1 N–H and O–H groups in total. The number of piperidine rings is 1. The number of rotatable bonds is 6. The molecule has 0 spiro atoms. The van der Waals surface area contributed by atoms with Crippen LogP contribution in [0.25, 0.3) is 0 Å². The van der Waals surface area contributed by atoms with Crippen molar-refractivity contribution in [1.29, 1.82) is 0 Å². The number of nitrogens with one attached hydrogen (secondary N) is 1. The van der Waals surface area contributed by atoms with Gasteiger partial charge in [-0.3, -0.25) is 14.4 Å². The predicted molar refractivity (Wildman–Crippen MR) is 109 cm³/mol. The van der Waals surface area contributed by atoms with Crippen molar-refractivity contribution in [3.05, 3.63) is 52.8 Å². The number of carbonyl (C=O) groups excluding carboxylic acids is 1. The number of nitrogens with zero attached hydrogens (tertiary/aromatic N) is 3. The number of benzene rings is 1. The molecule has 0 bridgehead atoms. The SMILES string of the molecule is CC[C@@H](C)n1ncc(C(=O)NC2CCN(Cc3cccc(C)c3)CC2)c1C. The van der Waals surface area contributed by atoms with Crippen molar-refractivity contribution in [3.63, 3.8) is 0 Å². The van der Waals surface area contributed by atoms with Crippen molar-refractivity contribution < 1.29 is 4.79 Å². The monoisotopic (exact) mass is 368 g/mol. The average Bonchev–Trinajstić information content (AvgIpc) is 3.04. The summed E-state index contributed by atoms with van der Waals surface area (Å²) >= 11 is 0. The minimum atomic E-state index is 0.0131. The summed E-state index contributed by atoms with van der Waals surface area (Å²) in [5.41, 5.74) is 4.34. The fourth-order valence-electron chi connectivity index (χ4n) is 3.83. The molecule has 5 nitrogen and oxygen atoms in total. The first-order valence-electron chi connectivity index (χ1n) is 10.1. The standard InChI is InChI=1S/C22H32N4O/c1-5-17(3)26-18(4)21(14-23-26)22(27)24-20-9-11-25(12-10-20)15-19-8-6-7-16(2)13-19/h6-8,13-14,17,20H,5,9-12,15H2,1-4H3,(H,24,27)/t17-/m1/s1. The van der Waals surface area contributed by atoms with Gasteiger partial charge in [0.25, 0.3) is 5.91 Å². The van der Waals surface area contributed by atoms with Gasteiger partial charge in [-0.05, 0) is 45.6 Å². The Balaban J connectivity index is 1.52. The van der Waals surface area contributed by atoms with E-state index < -0.39 is 0 Å². The summed E-state index contributed by atoms with van der Waals surface area (Å²) < 4.78 is 1.96. The highest BCUT2D eigenvalue weighted by Gasteiger charge is 2.23. The Morgan fingerprint density at radius 1 is 1.30 bits per heavy atom. The van der Waals surface area contributed by atoms with Gasteiger partial charge >= 0.3 is 0 Å².